The molecule has 2 amide bonds. The molecule has 0 saturated heterocycles. The highest BCUT2D eigenvalue weighted by atomic mass is 35.5. The van der Waals surface area contributed by atoms with Gasteiger partial charge in [0.2, 0.25) is 11.8 Å². The van der Waals surface area contributed by atoms with Crippen LogP contribution in [0.25, 0.3) is 0 Å². The maximum Gasteiger partial charge on any atom is 0.243 e. The molecule has 0 aliphatic heterocycles. The van der Waals surface area contributed by atoms with Crippen LogP contribution in [0.4, 0.5) is 0 Å². The Morgan fingerprint density at radius 3 is 2.13 bits per heavy atom. The Morgan fingerprint density at radius 1 is 1.00 bits per heavy atom. The highest BCUT2D eigenvalue weighted by Gasteiger charge is 2.29. The molecule has 0 aliphatic carbocycles. The molecule has 30 heavy (non-hydrogen) atoms. The van der Waals surface area contributed by atoms with Crippen molar-refractivity contribution in [3.05, 3.63) is 64.7 Å². The number of ether oxygens (including phenoxy) is 1. The first-order valence-electron chi connectivity index (χ1n) is 10.3. The zero-order valence-corrected chi connectivity index (χ0v) is 18.9. The zero-order valence-electron chi connectivity index (χ0n) is 18.2. The molecule has 0 spiro atoms. The predicted molar refractivity (Wildman–Crippen MR) is 121 cm³/mol. The minimum absolute atomic E-state index is 0.0563. The fraction of sp³-hybridized carbons (Fsp3) is 0.417. The summed E-state index contributed by atoms with van der Waals surface area (Å²) >= 11 is 5.96. The molecule has 2 aromatic carbocycles. The van der Waals surface area contributed by atoms with Crippen molar-refractivity contribution in [1.29, 1.82) is 0 Å². The van der Waals surface area contributed by atoms with Crippen LogP contribution in [0.5, 0.6) is 5.75 Å². The minimum atomic E-state index is -0.541. The monoisotopic (exact) mass is 430 g/mol. The number of hydrogen-bond donors (Lipinski definition) is 1. The summed E-state index contributed by atoms with van der Waals surface area (Å²) in [5, 5.41) is 3.65. The van der Waals surface area contributed by atoms with Crippen molar-refractivity contribution in [2.45, 2.75) is 58.7 Å². The van der Waals surface area contributed by atoms with Gasteiger partial charge in [0, 0.05) is 17.6 Å². The molecule has 0 fully saturated rings. The third-order valence-electron chi connectivity index (χ3n) is 5.17. The Labute approximate surface area is 184 Å². The van der Waals surface area contributed by atoms with Crippen LogP contribution in [0.1, 0.15) is 44.7 Å². The molecule has 2 atom stereocenters. The van der Waals surface area contributed by atoms with Gasteiger partial charge in [-0.05, 0) is 55.2 Å². The van der Waals surface area contributed by atoms with E-state index in [0.29, 0.717) is 18.0 Å². The van der Waals surface area contributed by atoms with Crippen molar-refractivity contribution in [2.75, 3.05) is 7.11 Å². The van der Waals surface area contributed by atoms with Crippen molar-refractivity contribution >= 4 is 23.4 Å². The Balaban J connectivity index is 2.27. The van der Waals surface area contributed by atoms with Gasteiger partial charge in [-0.3, -0.25) is 9.59 Å². The van der Waals surface area contributed by atoms with Crippen molar-refractivity contribution < 1.29 is 14.3 Å². The van der Waals surface area contributed by atoms with Crippen molar-refractivity contribution in [2.24, 2.45) is 0 Å². The van der Waals surface area contributed by atoms with Gasteiger partial charge in [-0.15, -0.1) is 0 Å². The number of halogens is 1. The number of benzene rings is 2. The SMILES string of the molecule is CC[C@@H](C)NC(=O)[C@H](CC)N(Cc1ccc(OC)cc1)C(=O)Cc1ccc(Cl)cc1. The third kappa shape index (κ3) is 6.77. The summed E-state index contributed by atoms with van der Waals surface area (Å²) in [6, 6.07) is 14.3. The summed E-state index contributed by atoms with van der Waals surface area (Å²) < 4.78 is 5.22. The van der Waals surface area contributed by atoms with Crippen LogP contribution < -0.4 is 10.1 Å². The largest absolute Gasteiger partial charge is 0.497 e. The van der Waals surface area contributed by atoms with E-state index >= 15 is 0 Å². The number of amides is 2. The number of carbonyl (C=O) groups excluding carboxylic acids is 2. The van der Waals surface area contributed by atoms with Crippen molar-refractivity contribution in [1.82, 2.24) is 10.2 Å². The number of nitrogens with zero attached hydrogens (tertiary/aromatic N) is 1. The summed E-state index contributed by atoms with van der Waals surface area (Å²) in [7, 11) is 1.61. The Morgan fingerprint density at radius 2 is 1.60 bits per heavy atom. The molecule has 0 heterocycles. The van der Waals surface area contributed by atoms with Crippen molar-refractivity contribution in [3.63, 3.8) is 0 Å². The third-order valence-corrected chi connectivity index (χ3v) is 5.42. The van der Waals surface area contributed by atoms with Crippen LogP contribution in [0.2, 0.25) is 5.02 Å². The van der Waals surface area contributed by atoms with Crippen LogP contribution in [-0.4, -0.2) is 35.9 Å². The molecular weight excluding hydrogens is 400 g/mol. The van der Waals surface area contributed by atoms with E-state index in [1.54, 1.807) is 24.1 Å². The summed E-state index contributed by atoms with van der Waals surface area (Å²) in [6.07, 6.45) is 1.57. The first kappa shape index (κ1) is 23.7. The summed E-state index contributed by atoms with van der Waals surface area (Å²) in [5.41, 5.74) is 1.80. The van der Waals surface area contributed by atoms with Gasteiger partial charge < -0.3 is 15.0 Å². The summed E-state index contributed by atoms with van der Waals surface area (Å²) in [4.78, 5) is 27.9. The quantitative estimate of drug-likeness (QED) is 0.598. The lowest BCUT2D eigenvalue weighted by Gasteiger charge is -2.31. The van der Waals surface area contributed by atoms with E-state index in [-0.39, 0.29) is 24.3 Å². The van der Waals surface area contributed by atoms with Crippen LogP contribution >= 0.6 is 11.6 Å². The van der Waals surface area contributed by atoms with Crippen LogP contribution in [0.3, 0.4) is 0 Å². The number of carbonyl (C=O) groups is 2. The smallest absolute Gasteiger partial charge is 0.243 e. The number of nitrogens with one attached hydrogen (secondary N) is 1. The summed E-state index contributed by atoms with van der Waals surface area (Å²) in [5.74, 6) is 0.531. The molecule has 2 rings (SSSR count). The number of rotatable bonds is 10. The Hall–Kier alpha value is -2.53. The van der Waals surface area contributed by atoms with E-state index in [1.165, 1.54) is 0 Å². The van der Waals surface area contributed by atoms with Gasteiger partial charge in [0.15, 0.2) is 0 Å². The standard InChI is InChI=1S/C24H31ClN2O3/c1-5-17(3)26-24(29)22(6-2)27(16-19-9-13-21(30-4)14-10-19)23(28)15-18-7-11-20(25)12-8-18/h7-14,17,22H,5-6,15-16H2,1-4H3,(H,26,29)/t17-,22+/m1/s1. The first-order valence-corrected chi connectivity index (χ1v) is 10.7. The molecule has 0 saturated carbocycles. The van der Waals surface area contributed by atoms with Crippen LogP contribution in [-0.2, 0) is 22.6 Å². The lowest BCUT2D eigenvalue weighted by atomic mass is 10.1. The molecule has 0 bridgehead atoms. The van der Waals surface area contributed by atoms with Gasteiger partial charge in [-0.2, -0.15) is 0 Å². The highest BCUT2D eigenvalue weighted by molar-refractivity contribution is 6.30. The van der Waals surface area contributed by atoms with Gasteiger partial charge in [0.1, 0.15) is 11.8 Å². The lowest BCUT2D eigenvalue weighted by Crippen LogP contribution is -2.51. The molecule has 6 heteroatoms. The van der Waals surface area contributed by atoms with E-state index in [2.05, 4.69) is 5.32 Å². The first-order chi connectivity index (χ1) is 14.4. The molecule has 1 N–H and O–H groups in total. The van der Waals surface area contributed by atoms with E-state index in [1.807, 2.05) is 57.2 Å². The molecular formula is C24H31ClN2O3. The second-order valence-corrected chi connectivity index (χ2v) is 7.85. The fourth-order valence-corrected chi connectivity index (χ4v) is 3.29. The number of methoxy groups -OCH3 is 1. The van der Waals surface area contributed by atoms with Gasteiger partial charge in [0.05, 0.1) is 13.5 Å². The van der Waals surface area contributed by atoms with Gasteiger partial charge in [-0.1, -0.05) is 49.7 Å². The molecule has 162 valence electrons. The van der Waals surface area contributed by atoms with Crippen molar-refractivity contribution in [3.8, 4) is 5.75 Å². The number of hydrogen-bond acceptors (Lipinski definition) is 3. The van der Waals surface area contributed by atoms with Gasteiger partial charge >= 0.3 is 0 Å². The highest BCUT2D eigenvalue weighted by Crippen LogP contribution is 2.18. The second kappa shape index (κ2) is 11.6. The Kier molecular flexibility index (Phi) is 9.18. The minimum Gasteiger partial charge on any atom is -0.497 e. The molecule has 0 aliphatic rings. The topological polar surface area (TPSA) is 58.6 Å². The van der Waals surface area contributed by atoms with E-state index in [0.717, 1.165) is 23.3 Å². The van der Waals surface area contributed by atoms with Gasteiger partial charge in [-0.25, -0.2) is 0 Å². The van der Waals surface area contributed by atoms with E-state index in [4.69, 9.17) is 16.3 Å². The fourth-order valence-electron chi connectivity index (χ4n) is 3.17. The predicted octanol–water partition coefficient (Wildman–Crippen LogP) is 4.61. The lowest BCUT2D eigenvalue weighted by molar-refractivity contribution is -0.141. The molecule has 5 nitrogen and oxygen atoms in total. The molecule has 0 unspecified atom stereocenters. The average molecular weight is 431 g/mol. The normalized spacial score (nSPS) is 12.7. The maximum atomic E-state index is 13.3. The summed E-state index contributed by atoms with van der Waals surface area (Å²) in [6.45, 7) is 6.26. The molecule has 0 aromatic heterocycles. The Bertz CT molecular complexity index is 821. The molecule has 0 radical (unpaired) electrons. The average Bonchev–Trinajstić information content (AvgIpc) is 2.75. The second-order valence-electron chi connectivity index (χ2n) is 7.41. The zero-order chi connectivity index (χ0) is 22.1. The molecule has 2 aromatic rings. The van der Waals surface area contributed by atoms with Crippen LogP contribution in [0, 0.1) is 0 Å². The maximum absolute atomic E-state index is 13.3. The van der Waals surface area contributed by atoms with Crippen LogP contribution in [0.15, 0.2) is 48.5 Å². The van der Waals surface area contributed by atoms with Gasteiger partial charge in [0.25, 0.3) is 0 Å². The van der Waals surface area contributed by atoms with E-state index < -0.39 is 6.04 Å². The van der Waals surface area contributed by atoms with E-state index in [9.17, 15) is 9.59 Å².